The number of hydrogen-bond acceptors (Lipinski definition) is 5. The molecule has 0 saturated carbocycles. The number of aliphatic carboxylic acids is 1. The third-order valence-corrected chi connectivity index (χ3v) is 4.54. The maximum atomic E-state index is 12.7. The molecular formula is C21H20N2O6. The molecule has 2 aromatic carbocycles. The molecule has 1 atom stereocenters. The number of carbonyl (C=O) groups excluding carboxylic acids is 3. The van der Waals surface area contributed by atoms with Crippen molar-refractivity contribution in [2.24, 2.45) is 0 Å². The van der Waals surface area contributed by atoms with Crippen molar-refractivity contribution in [3.8, 4) is 0 Å². The third kappa shape index (κ3) is 4.26. The summed E-state index contributed by atoms with van der Waals surface area (Å²) in [5.41, 5.74) is 1.26. The van der Waals surface area contributed by atoms with Gasteiger partial charge in [0.2, 0.25) is 0 Å². The Morgan fingerprint density at radius 1 is 1.07 bits per heavy atom. The number of imide groups is 1. The molecule has 2 aromatic rings. The van der Waals surface area contributed by atoms with Crippen LogP contribution in [0.25, 0.3) is 0 Å². The second kappa shape index (κ2) is 8.55. The Labute approximate surface area is 167 Å². The smallest absolute Gasteiger partial charge is 0.411 e. The molecule has 1 heterocycles. The molecule has 29 heavy (non-hydrogen) atoms. The van der Waals surface area contributed by atoms with Gasteiger partial charge in [-0.2, -0.15) is 0 Å². The number of amides is 3. The lowest BCUT2D eigenvalue weighted by Crippen LogP contribution is -2.44. The van der Waals surface area contributed by atoms with E-state index in [2.05, 4.69) is 5.32 Å². The normalized spacial score (nSPS) is 13.8. The summed E-state index contributed by atoms with van der Waals surface area (Å²) in [4.78, 5) is 49.5. The van der Waals surface area contributed by atoms with E-state index < -0.39 is 29.9 Å². The van der Waals surface area contributed by atoms with Gasteiger partial charge in [-0.05, 0) is 30.2 Å². The van der Waals surface area contributed by atoms with Gasteiger partial charge in [-0.1, -0.05) is 43.7 Å². The Hall–Kier alpha value is -3.68. The molecule has 0 radical (unpaired) electrons. The quantitative estimate of drug-likeness (QED) is 0.695. The summed E-state index contributed by atoms with van der Waals surface area (Å²) in [7, 11) is 0. The zero-order valence-corrected chi connectivity index (χ0v) is 15.8. The van der Waals surface area contributed by atoms with Gasteiger partial charge in [0.25, 0.3) is 11.8 Å². The van der Waals surface area contributed by atoms with Gasteiger partial charge >= 0.3 is 12.1 Å². The molecule has 150 valence electrons. The lowest BCUT2D eigenvalue weighted by atomic mass is 10.1. The van der Waals surface area contributed by atoms with E-state index in [1.165, 1.54) is 18.2 Å². The van der Waals surface area contributed by atoms with Gasteiger partial charge in [-0.15, -0.1) is 0 Å². The van der Waals surface area contributed by atoms with E-state index in [1.54, 1.807) is 6.92 Å². The predicted octanol–water partition coefficient (Wildman–Crippen LogP) is 3.28. The Balaban J connectivity index is 1.72. The fraction of sp³-hybridized carbons (Fsp3) is 0.238. The summed E-state index contributed by atoms with van der Waals surface area (Å²) < 4.78 is 5.13. The van der Waals surface area contributed by atoms with Crippen molar-refractivity contribution in [2.45, 2.75) is 32.4 Å². The van der Waals surface area contributed by atoms with Crippen LogP contribution in [0.3, 0.4) is 0 Å². The Morgan fingerprint density at radius 3 is 2.41 bits per heavy atom. The molecule has 3 rings (SSSR count). The van der Waals surface area contributed by atoms with E-state index in [4.69, 9.17) is 4.74 Å². The van der Waals surface area contributed by atoms with E-state index in [9.17, 15) is 24.3 Å². The first-order valence-electron chi connectivity index (χ1n) is 9.14. The number of ether oxygens (including phenoxy) is 1. The van der Waals surface area contributed by atoms with Crippen molar-refractivity contribution in [3.63, 3.8) is 0 Å². The van der Waals surface area contributed by atoms with E-state index >= 15 is 0 Å². The summed E-state index contributed by atoms with van der Waals surface area (Å²) in [6.45, 7) is 1.86. The molecule has 0 saturated heterocycles. The fourth-order valence-electron chi connectivity index (χ4n) is 3.13. The summed E-state index contributed by atoms with van der Waals surface area (Å²) in [6.07, 6.45) is -0.0425. The van der Waals surface area contributed by atoms with Crippen molar-refractivity contribution in [1.82, 2.24) is 4.90 Å². The molecule has 1 aliphatic heterocycles. The van der Waals surface area contributed by atoms with Crippen molar-refractivity contribution < 1.29 is 29.0 Å². The van der Waals surface area contributed by atoms with Gasteiger partial charge in [0.15, 0.2) is 0 Å². The van der Waals surface area contributed by atoms with Crippen molar-refractivity contribution in [1.29, 1.82) is 0 Å². The van der Waals surface area contributed by atoms with Crippen LogP contribution < -0.4 is 5.32 Å². The Bertz CT molecular complexity index is 957. The highest BCUT2D eigenvalue weighted by Crippen LogP contribution is 2.28. The first kappa shape index (κ1) is 20.1. The minimum Gasteiger partial charge on any atom is -0.480 e. The molecule has 0 aliphatic carbocycles. The molecule has 0 unspecified atom stereocenters. The first-order valence-corrected chi connectivity index (χ1v) is 9.14. The number of benzene rings is 2. The zero-order valence-electron chi connectivity index (χ0n) is 15.8. The monoisotopic (exact) mass is 396 g/mol. The van der Waals surface area contributed by atoms with Gasteiger partial charge in [0.05, 0.1) is 11.1 Å². The number of fused-ring (bicyclic) bond motifs is 1. The molecule has 2 N–H and O–H groups in total. The lowest BCUT2D eigenvalue weighted by molar-refractivity contribution is -0.141. The zero-order chi connectivity index (χ0) is 21.0. The second-order valence-electron chi connectivity index (χ2n) is 6.57. The number of carbonyl (C=O) groups is 4. The molecule has 1 aliphatic rings. The van der Waals surface area contributed by atoms with Crippen LogP contribution >= 0.6 is 0 Å². The highest BCUT2D eigenvalue weighted by atomic mass is 16.5. The highest BCUT2D eigenvalue weighted by Gasteiger charge is 2.42. The molecule has 0 fully saturated rings. The largest absolute Gasteiger partial charge is 0.480 e. The Kier molecular flexibility index (Phi) is 5.92. The van der Waals surface area contributed by atoms with Crippen LogP contribution in [-0.2, 0) is 16.1 Å². The van der Waals surface area contributed by atoms with Crippen LogP contribution in [0.2, 0.25) is 0 Å². The minimum absolute atomic E-state index is 0.0539. The van der Waals surface area contributed by atoms with Crippen LogP contribution in [-0.4, -0.2) is 39.9 Å². The fourth-order valence-corrected chi connectivity index (χ4v) is 3.13. The number of carboxylic acids is 1. The second-order valence-corrected chi connectivity index (χ2v) is 6.57. The third-order valence-electron chi connectivity index (χ3n) is 4.54. The van der Waals surface area contributed by atoms with Crippen molar-refractivity contribution in [3.05, 3.63) is 65.2 Å². The van der Waals surface area contributed by atoms with Crippen LogP contribution in [0.1, 0.15) is 46.0 Å². The molecule has 0 aromatic heterocycles. The summed E-state index contributed by atoms with van der Waals surface area (Å²) in [5.74, 6) is -2.57. The van der Waals surface area contributed by atoms with Gasteiger partial charge in [0, 0.05) is 5.69 Å². The number of nitrogens with zero attached hydrogens (tertiary/aromatic N) is 1. The first-order chi connectivity index (χ1) is 13.9. The van der Waals surface area contributed by atoms with E-state index in [0.29, 0.717) is 6.42 Å². The van der Waals surface area contributed by atoms with Crippen LogP contribution in [0.4, 0.5) is 10.5 Å². The summed E-state index contributed by atoms with van der Waals surface area (Å²) >= 11 is 0. The standard InChI is InChI=1S/C21H20N2O6/c1-2-6-17(20(26)27)23-18(24)15-10-9-14(11-16(15)19(23)25)22-21(28)29-12-13-7-4-3-5-8-13/h3-5,7-11,17H,2,6,12H2,1H3,(H,22,28)(H,26,27)/t17-/m0/s1. The molecule has 0 spiro atoms. The number of carboxylic acid groups (broad SMARTS) is 1. The number of rotatable bonds is 7. The van der Waals surface area contributed by atoms with E-state index in [-0.39, 0.29) is 29.8 Å². The average Bonchev–Trinajstić information content (AvgIpc) is 2.95. The van der Waals surface area contributed by atoms with Gasteiger partial charge in [-0.25, -0.2) is 9.59 Å². The maximum Gasteiger partial charge on any atom is 0.411 e. The molecule has 0 bridgehead atoms. The van der Waals surface area contributed by atoms with Gasteiger partial charge in [-0.3, -0.25) is 19.8 Å². The van der Waals surface area contributed by atoms with Crippen molar-refractivity contribution in [2.75, 3.05) is 5.32 Å². The Morgan fingerprint density at radius 2 is 1.76 bits per heavy atom. The van der Waals surface area contributed by atoms with Crippen LogP contribution in [0.5, 0.6) is 0 Å². The molecule has 3 amide bonds. The van der Waals surface area contributed by atoms with E-state index in [0.717, 1.165) is 10.5 Å². The SMILES string of the molecule is CCC[C@@H](C(=O)O)N1C(=O)c2ccc(NC(=O)OCc3ccccc3)cc2C1=O. The maximum absolute atomic E-state index is 12.7. The molecule has 8 nitrogen and oxygen atoms in total. The van der Waals surface area contributed by atoms with E-state index in [1.807, 2.05) is 30.3 Å². The number of hydrogen-bond donors (Lipinski definition) is 2. The topological polar surface area (TPSA) is 113 Å². The molecule has 8 heteroatoms. The predicted molar refractivity (Wildman–Crippen MR) is 104 cm³/mol. The van der Waals surface area contributed by atoms with Crippen molar-refractivity contribution >= 4 is 29.6 Å². The lowest BCUT2D eigenvalue weighted by Gasteiger charge is -2.21. The number of anilines is 1. The van der Waals surface area contributed by atoms with Crippen LogP contribution in [0.15, 0.2) is 48.5 Å². The average molecular weight is 396 g/mol. The summed E-state index contributed by atoms with van der Waals surface area (Å²) in [6, 6.07) is 12.1. The minimum atomic E-state index is -1.23. The molecular weight excluding hydrogens is 376 g/mol. The number of nitrogens with one attached hydrogen (secondary N) is 1. The van der Waals surface area contributed by atoms with Gasteiger partial charge < -0.3 is 9.84 Å². The van der Waals surface area contributed by atoms with Crippen LogP contribution in [0, 0.1) is 0 Å². The summed E-state index contributed by atoms with van der Waals surface area (Å²) in [5, 5.41) is 11.9. The van der Waals surface area contributed by atoms with Gasteiger partial charge in [0.1, 0.15) is 12.6 Å². The highest BCUT2D eigenvalue weighted by molar-refractivity contribution is 6.23.